The summed E-state index contributed by atoms with van der Waals surface area (Å²) in [6.45, 7) is 2.23. The monoisotopic (exact) mass is 293 g/mol. The molecule has 1 saturated heterocycles. The Labute approximate surface area is 129 Å². The van der Waals surface area contributed by atoms with Gasteiger partial charge in [0.05, 0.1) is 0 Å². The van der Waals surface area contributed by atoms with Crippen molar-refractivity contribution >= 4 is 5.65 Å². The van der Waals surface area contributed by atoms with E-state index >= 15 is 0 Å². The number of piperidine rings is 1. The number of hydrogen-bond donors (Lipinski definition) is 0. The molecule has 0 aliphatic carbocycles. The van der Waals surface area contributed by atoms with Crippen LogP contribution in [0.1, 0.15) is 24.6 Å². The summed E-state index contributed by atoms with van der Waals surface area (Å²) in [6.07, 6.45) is 8.07. The summed E-state index contributed by atoms with van der Waals surface area (Å²) >= 11 is 0. The second-order valence-corrected chi connectivity index (χ2v) is 6.03. The second-order valence-electron chi connectivity index (χ2n) is 6.03. The van der Waals surface area contributed by atoms with Crippen LogP contribution in [0.15, 0.2) is 42.9 Å². The van der Waals surface area contributed by atoms with Gasteiger partial charge in [0.25, 0.3) is 0 Å². The van der Waals surface area contributed by atoms with Gasteiger partial charge in [0.2, 0.25) is 0 Å². The van der Waals surface area contributed by atoms with Crippen molar-refractivity contribution in [2.45, 2.75) is 18.8 Å². The summed E-state index contributed by atoms with van der Waals surface area (Å²) in [5, 5.41) is 4.72. The third-order valence-electron chi connectivity index (χ3n) is 4.35. The van der Waals surface area contributed by atoms with Gasteiger partial charge in [0, 0.05) is 36.6 Å². The Morgan fingerprint density at radius 3 is 2.77 bits per heavy atom. The van der Waals surface area contributed by atoms with Gasteiger partial charge in [-0.25, -0.2) is 9.50 Å². The Kier molecular flexibility index (Phi) is 3.35. The van der Waals surface area contributed by atoms with Gasteiger partial charge < -0.3 is 4.90 Å². The van der Waals surface area contributed by atoms with E-state index in [1.54, 1.807) is 0 Å². The molecule has 5 heteroatoms. The molecular formula is C17H19N5. The van der Waals surface area contributed by atoms with Gasteiger partial charge in [-0.05, 0) is 56.3 Å². The summed E-state index contributed by atoms with van der Waals surface area (Å²) in [5.74, 6) is 1.42. The van der Waals surface area contributed by atoms with Crippen LogP contribution in [0.5, 0.6) is 0 Å². The standard InChI is InChI=1S/C17H19N5/c1-21-10-2-3-15(11-21)17-19-16-5-4-14(12-22(16)20-17)13-6-8-18-9-7-13/h4-9,12,15H,2-3,10-11H2,1H3/t15-/m1/s1. The zero-order chi connectivity index (χ0) is 14.9. The first-order chi connectivity index (χ1) is 10.8. The molecule has 0 bridgehead atoms. The molecule has 3 aromatic rings. The van der Waals surface area contributed by atoms with Crippen molar-refractivity contribution in [3.63, 3.8) is 0 Å². The fraction of sp³-hybridized carbons (Fsp3) is 0.353. The van der Waals surface area contributed by atoms with Crippen LogP contribution < -0.4 is 0 Å². The third-order valence-corrected chi connectivity index (χ3v) is 4.35. The molecule has 1 aliphatic rings. The van der Waals surface area contributed by atoms with Crippen molar-refractivity contribution < 1.29 is 0 Å². The lowest BCUT2D eigenvalue weighted by atomic mass is 9.98. The highest BCUT2D eigenvalue weighted by Crippen LogP contribution is 2.25. The zero-order valence-corrected chi connectivity index (χ0v) is 12.7. The SMILES string of the molecule is CN1CCC[C@@H](c2nc3ccc(-c4ccncc4)cn3n2)C1. The fourth-order valence-corrected chi connectivity index (χ4v) is 3.17. The van der Waals surface area contributed by atoms with Crippen molar-refractivity contribution in [3.05, 3.63) is 48.7 Å². The molecule has 0 amide bonds. The van der Waals surface area contributed by atoms with Crippen LogP contribution in [0.2, 0.25) is 0 Å². The van der Waals surface area contributed by atoms with Crippen LogP contribution in [0.25, 0.3) is 16.8 Å². The number of fused-ring (bicyclic) bond motifs is 1. The van der Waals surface area contributed by atoms with E-state index in [1.165, 1.54) is 19.4 Å². The van der Waals surface area contributed by atoms with Gasteiger partial charge in [-0.3, -0.25) is 4.98 Å². The Balaban J connectivity index is 1.69. The maximum absolute atomic E-state index is 4.72. The fourth-order valence-electron chi connectivity index (χ4n) is 3.17. The lowest BCUT2D eigenvalue weighted by molar-refractivity contribution is 0.246. The third kappa shape index (κ3) is 2.48. The van der Waals surface area contributed by atoms with Crippen molar-refractivity contribution in [1.29, 1.82) is 0 Å². The molecule has 0 radical (unpaired) electrons. The molecule has 112 valence electrons. The van der Waals surface area contributed by atoms with Crippen molar-refractivity contribution in [2.75, 3.05) is 20.1 Å². The van der Waals surface area contributed by atoms with Crippen LogP contribution in [-0.2, 0) is 0 Å². The summed E-state index contributed by atoms with van der Waals surface area (Å²) in [7, 11) is 2.17. The first kappa shape index (κ1) is 13.4. The molecular weight excluding hydrogens is 274 g/mol. The van der Waals surface area contributed by atoms with E-state index in [2.05, 4.69) is 23.0 Å². The summed E-state index contributed by atoms with van der Waals surface area (Å²) in [4.78, 5) is 11.1. The smallest absolute Gasteiger partial charge is 0.156 e. The van der Waals surface area contributed by atoms with Gasteiger partial charge in [-0.15, -0.1) is 0 Å². The van der Waals surface area contributed by atoms with Gasteiger partial charge in [0.15, 0.2) is 11.5 Å². The average molecular weight is 293 g/mol. The molecule has 1 aliphatic heterocycles. The molecule has 0 spiro atoms. The topological polar surface area (TPSA) is 46.3 Å². The van der Waals surface area contributed by atoms with Crippen LogP contribution in [0.3, 0.4) is 0 Å². The molecule has 0 N–H and O–H groups in total. The minimum atomic E-state index is 0.447. The van der Waals surface area contributed by atoms with Crippen LogP contribution in [-0.4, -0.2) is 44.6 Å². The van der Waals surface area contributed by atoms with Crippen LogP contribution in [0, 0.1) is 0 Å². The normalized spacial score (nSPS) is 19.6. The Bertz CT molecular complexity index is 780. The van der Waals surface area contributed by atoms with E-state index in [1.807, 2.05) is 41.3 Å². The molecule has 3 aromatic heterocycles. The number of pyridine rings is 2. The van der Waals surface area contributed by atoms with E-state index < -0.39 is 0 Å². The Morgan fingerprint density at radius 1 is 1.09 bits per heavy atom. The van der Waals surface area contributed by atoms with E-state index in [4.69, 9.17) is 10.1 Å². The highest BCUT2D eigenvalue weighted by Gasteiger charge is 2.22. The highest BCUT2D eigenvalue weighted by molar-refractivity contribution is 5.63. The minimum Gasteiger partial charge on any atom is -0.306 e. The summed E-state index contributed by atoms with van der Waals surface area (Å²) in [6, 6.07) is 8.15. The molecule has 0 aromatic carbocycles. The Morgan fingerprint density at radius 2 is 1.95 bits per heavy atom. The molecule has 5 nitrogen and oxygen atoms in total. The van der Waals surface area contributed by atoms with E-state index in [-0.39, 0.29) is 0 Å². The average Bonchev–Trinajstić information content (AvgIpc) is 2.99. The number of rotatable bonds is 2. The first-order valence-corrected chi connectivity index (χ1v) is 7.75. The van der Waals surface area contributed by atoms with Crippen molar-refractivity contribution in [2.24, 2.45) is 0 Å². The number of likely N-dealkylation sites (N-methyl/N-ethyl adjacent to an activating group) is 1. The van der Waals surface area contributed by atoms with E-state index in [9.17, 15) is 0 Å². The van der Waals surface area contributed by atoms with E-state index in [0.717, 1.165) is 29.1 Å². The van der Waals surface area contributed by atoms with Gasteiger partial charge in [-0.2, -0.15) is 5.10 Å². The summed E-state index contributed by atoms with van der Waals surface area (Å²) < 4.78 is 1.90. The second kappa shape index (κ2) is 5.50. The number of aromatic nitrogens is 4. The minimum absolute atomic E-state index is 0.447. The molecule has 4 rings (SSSR count). The maximum Gasteiger partial charge on any atom is 0.156 e. The lowest BCUT2D eigenvalue weighted by Crippen LogP contribution is -2.31. The van der Waals surface area contributed by atoms with Gasteiger partial charge in [0.1, 0.15) is 0 Å². The lowest BCUT2D eigenvalue weighted by Gasteiger charge is -2.27. The molecule has 4 heterocycles. The maximum atomic E-state index is 4.72. The number of nitrogens with zero attached hydrogens (tertiary/aromatic N) is 5. The summed E-state index contributed by atoms with van der Waals surface area (Å²) in [5.41, 5.74) is 3.19. The largest absolute Gasteiger partial charge is 0.306 e. The molecule has 0 unspecified atom stereocenters. The molecule has 1 atom stereocenters. The first-order valence-electron chi connectivity index (χ1n) is 7.75. The number of likely N-dealkylation sites (tertiary alicyclic amines) is 1. The quantitative estimate of drug-likeness (QED) is 0.728. The van der Waals surface area contributed by atoms with Crippen molar-refractivity contribution in [1.82, 2.24) is 24.5 Å². The van der Waals surface area contributed by atoms with Gasteiger partial charge in [-0.1, -0.05) is 0 Å². The van der Waals surface area contributed by atoms with Gasteiger partial charge >= 0.3 is 0 Å². The highest BCUT2D eigenvalue weighted by atomic mass is 15.3. The molecule has 22 heavy (non-hydrogen) atoms. The van der Waals surface area contributed by atoms with Crippen LogP contribution >= 0.6 is 0 Å². The van der Waals surface area contributed by atoms with E-state index in [0.29, 0.717) is 5.92 Å². The molecule has 0 saturated carbocycles. The zero-order valence-electron chi connectivity index (χ0n) is 12.7. The van der Waals surface area contributed by atoms with Crippen molar-refractivity contribution in [3.8, 4) is 11.1 Å². The molecule has 1 fully saturated rings. The van der Waals surface area contributed by atoms with Crippen LogP contribution in [0.4, 0.5) is 0 Å². The predicted octanol–water partition coefficient (Wildman–Crippen LogP) is 2.60. The number of hydrogen-bond acceptors (Lipinski definition) is 4. The Hall–Kier alpha value is -2.27. The predicted molar refractivity (Wildman–Crippen MR) is 85.7 cm³/mol.